The van der Waals surface area contributed by atoms with Crippen LogP contribution in [0.5, 0.6) is 0 Å². The van der Waals surface area contributed by atoms with Gasteiger partial charge in [0.15, 0.2) is 0 Å². The lowest BCUT2D eigenvalue weighted by molar-refractivity contribution is 0.275. The summed E-state index contributed by atoms with van der Waals surface area (Å²) in [5, 5.41) is 8.99. The number of hydrogen-bond donors (Lipinski definition) is 2. The molecule has 21 heavy (non-hydrogen) atoms. The Hall–Kier alpha value is -1.76. The molecule has 2 aromatic carbocycles. The zero-order valence-electron chi connectivity index (χ0n) is 11.5. The Bertz CT molecular complexity index is 727. The highest BCUT2D eigenvalue weighted by molar-refractivity contribution is 7.89. The number of aliphatic hydroxyl groups excluding tert-OH is 1. The minimum Gasteiger partial charge on any atom is -0.392 e. The van der Waals surface area contributed by atoms with E-state index < -0.39 is 22.4 Å². The summed E-state index contributed by atoms with van der Waals surface area (Å²) in [6.07, 6.45) is 0. The van der Waals surface area contributed by atoms with E-state index in [0.29, 0.717) is 0 Å². The molecule has 0 bridgehead atoms. The minimum atomic E-state index is -3.75. The summed E-state index contributed by atoms with van der Waals surface area (Å²) in [5.74, 6) is -0.630. The maximum Gasteiger partial charge on any atom is 0.240 e. The van der Waals surface area contributed by atoms with Crippen LogP contribution in [0.15, 0.2) is 47.4 Å². The van der Waals surface area contributed by atoms with Crippen molar-refractivity contribution in [2.24, 2.45) is 0 Å². The molecular weight excluding hydrogens is 293 g/mol. The Balaban J connectivity index is 2.16. The molecule has 0 fully saturated rings. The third-order valence-electron chi connectivity index (χ3n) is 3.08. The first kappa shape index (κ1) is 15.6. The molecule has 0 amide bonds. The topological polar surface area (TPSA) is 66.4 Å². The van der Waals surface area contributed by atoms with E-state index >= 15 is 0 Å². The molecule has 0 aliphatic rings. The summed E-state index contributed by atoms with van der Waals surface area (Å²) < 4.78 is 40.0. The van der Waals surface area contributed by atoms with E-state index in [1.165, 1.54) is 6.07 Å². The van der Waals surface area contributed by atoms with Gasteiger partial charge in [-0.3, -0.25) is 0 Å². The van der Waals surface area contributed by atoms with Crippen LogP contribution in [0.2, 0.25) is 0 Å². The van der Waals surface area contributed by atoms with Crippen molar-refractivity contribution >= 4 is 10.0 Å². The van der Waals surface area contributed by atoms with Gasteiger partial charge in [-0.1, -0.05) is 29.8 Å². The smallest absolute Gasteiger partial charge is 0.240 e. The summed E-state index contributed by atoms with van der Waals surface area (Å²) in [6.45, 7) is 1.55. The lowest BCUT2D eigenvalue weighted by Gasteiger charge is -2.09. The van der Waals surface area contributed by atoms with Crippen LogP contribution in [-0.4, -0.2) is 13.5 Å². The first-order valence-corrected chi connectivity index (χ1v) is 7.85. The molecule has 0 spiro atoms. The lowest BCUT2D eigenvalue weighted by atomic mass is 10.2. The predicted octanol–water partition coefficient (Wildman–Crippen LogP) is 2.10. The van der Waals surface area contributed by atoms with Gasteiger partial charge < -0.3 is 5.11 Å². The highest BCUT2D eigenvalue weighted by Gasteiger charge is 2.15. The standard InChI is InChI=1S/C15H16FNO3S/c1-11-2-4-12(5-3-11)9-17-21(19,20)14-6-7-15(16)13(8-14)10-18/h2-8,17-18H,9-10H2,1H3. The van der Waals surface area contributed by atoms with Gasteiger partial charge in [-0.15, -0.1) is 0 Å². The first-order chi connectivity index (χ1) is 9.92. The van der Waals surface area contributed by atoms with Crippen LogP contribution in [0.3, 0.4) is 0 Å². The Morgan fingerprint density at radius 2 is 1.81 bits per heavy atom. The van der Waals surface area contributed by atoms with E-state index in [1.54, 1.807) is 0 Å². The van der Waals surface area contributed by atoms with Gasteiger partial charge >= 0.3 is 0 Å². The van der Waals surface area contributed by atoms with E-state index in [-0.39, 0.29) is 17.0 Å². The molecule has 0 atom stereocenters. The molecule has 0 saturated heterocycles. The van der Waals surface area contributed by atoms with Gasteiger partial charge in [0.2, 0.25) is 10.0 Å². The van der Waals surface area contributed by atoms with Crippen molar-refractivity contribution in [2.45, 2.75) is 25.0 Å². The van der Waals surface area contributed by atoms with Crippen molar-refractivity contribution in [1.29, 1.82) is 0 Å². The third kappa shape index (κ3) is 3.87. The Morgan fingerprint density at radius 3 is 2.43 bits per heavy atom. The fraction of sp³-hybridized carbons (Fsp3) is 0.200. The molecule has 0 radical (unpaired) electrons. The average molecular weight is 309 g/mol. The van der Waals surface area contributed by atoms with E-state index in [1.807, 2.05) is 31.2 Å². The second-order valence-electron chi connectivity index (χ2n) is 4.72. The van der Waals surface area contributed by atoms with Gasteiger partial charge in [0.25, 0.3) is 0 Å². The normalized spacial score (nSPS) is 11.6. The van der Waals surface area contributed by atoms with Crippen LogP contribution in [0.1, 0.15) is 16.7 Å². The number of aryl methyl sites for hydroxylation is 1. The van der Waals surface area contributed by atoms with Crippen LogP contribution in [-0.2, 0) is 23.2 Å². The summed E-state index contributed by atoms with van der Waals surface area (Å²) >= 11 is 0. The highest BCUT2D eigenvalue weighted by atomic mass is 32.2. The Kier molecular flexibility index (Phi) is 4.72. The maximum atomic E-state index is 13.3. The van der Waals surface area contributed by atoms with E-state index in [0.717, 1.165) is 23.3 Å². The average Bonchev–Trinajstić information content (AvgIpc) is 2.47. The number of nitrogens with one attached hydrogen (secondary N) is 1. The fourth-order valence-corrected chi connectivity index (χ4v) is 2.87. The molecule has 0 unspecified atom stereocenters. The molecule has 0 saturated carbocycles. The zero-order valence-corrected chi connectivity index (χ0v) is 12.3. The van der Waals surface area contributed by atoms with E-state index in [2.05, 4.69) is 4.72 Å². The van der Waals surface area contributed by atoms with Crippen LogP contribution >= 0.6 is 0 Å². The largest absolute Gasteiger partial charge is 0.392 e. The summed E-state index contributed by atoms with van der Waals surface area (Å²) in [6, 6.07) is 10.8. The lowest BCUT2D eigenvalue weighted by Crippen LogP contribution is -2.23. The number of hydrogen-bond acceptors (Lipinski definition) is 3. The summed E-state index contributed by atoms with van der Waals surface area (Å²) in [4.78, 5) is -0.0694. The van der Waals surface area contributed by atoms with Gasteiger partial charge in [-0.2, -0.15) is 0 Å². The summed E-state index contributed by atoms with van der Waals surface area (Å²) in [7, 11) is -3.75. The minimum absolute atomic E-state index is 0.0480. The zero-order chi connectivity index (χ0) is 15.5. The molecule has 4 nitrogen and oxygen atoms in total. The number of aliphatic hydroxyl groups is 1. The SMILES string of the molecule is Cc1ccc(CNS(=O)(=O)c2ccc(F)c(CO)c2)cc1. The van der Waals surface area contributed by atoms with Crippen molar-refractivity contribution in [1.82, 2.24) is 4.72 Å². The van der Waals surface area contributed by atoms with Crippen LogP contribution in [0.4, 0.5) is 4.39 Å². The predicted molar refractivity (Wildman–Crippen MR) is 77.5 cm³/mol. The van der Waals surface area contributed by atoms with Crippen LogP contribution in [0.25, 0.3) is 0 Å². The van der Waals surface area contributed by atoms with Gasteiger partial charge in [-0.05, 0) is 30.7 Å². The van der Waals surface area contributed by atoms with Gasteiger partial charge in [0, 0.05) is 12.1 Å². The van der Waals surface area contributed by atoms with Crippen LogP contribution in [0, 0.1) is 12.7 Å². The Morgan fingerprint density at radius 1 is 1.14 bits per heavy atom. The van der Waals surface area contributed by atoms with Crippen molar-refractivity contribution < 1.29 is 17.9 Å². The summed E-state index contributed by atoms with van der Waals surface area (Å²) in [5.41, 5.74) is 1.87. The van der Waals surface area contributed by atoms with E-state index in [9.17, 15) is 12.8 Å². The van der Waals surface area contributed by atoms with Gasteiger partial charge in [0.05, 0.1) is 11.5 Å². The Labute approximate surface area is 123 Å². The quantitative estimate of drug-likeness (QED) is 0.889. The molecule has 0 heterocycles. The molecule has 2 aromatic rings. The van der Waals surface area contributed by atoms with Crippen LogP contribution < -0.4 is 4.72 Å². The second kappa shape index (κ2) is 6.34. The van der Waals surface area contributed by atoms with Crippen molar-refractivity contribution in [3.8, 4) is 0 Å². The third-order valence-corrected chi connectivity index (χ3v) is 4.48. The number of rotatable bonds is 5. The number of halogens is 1. The van der Waals surface area contributed by atoms with Gasteiger partial charge in [0.1, 0.15) is 5.82 Å². The molecule has 0 aliphatic heterocycles. The highest BCUT2D eigenvalue weighted by Crippen LogP contribution is 2.15. The fourth-order valence-electron chi connectivity index (χ4n) is 1.81. The van der Waals surface area contributed by atoms with Crippen molar-refractivity contribution in [3.63, 3.8) is 0 Å². The second-order valence-corrected chi connectivity index (χ2v) is 6.49. The molecule has 0 aromatic heterocycles. The number of sulfonamides is 1. The molecule has 6 heteroatoms. The first-order valence-electron chi connectivity index (χ1n) is 6.37. The number of benzene rings is 2. The van der Waals surface area contributed by atoms with Crippen molar-refractivity contribution in [3.05, 3.63) is 65.0 Å². The van der Waals surface area contributed by atoms with E-state index in [4.69, 9.17) is 5.11 Å². The van der Waals surface area contributed by atoms with Gasteiger partial charge in [-0.25, -0.2) is 17.5 Å². The molecule has 0 aliphatic carbocycles. The monoisotopic (exact) mass is 309 g/mol. The molecular formula is C15H16FNO3S. The molecule has 112 valence electrons. The van der Waals surface area contributed by atoms with Crippen molar-refractivity contribution in [2.75, 3.05) is 0 Å². The molecule has 2 N–H and O–H groups in total. The maximum absolute atomic E-state index is 13.3. The molecule has 2 rings (SSSR count).